The van der Waals surface area contributed by atoms with Crippen molar-refractivity contribution in [3.05, 3.63) is 42.0 Å². The second-order valence-electron chi connectivity index (χ2n) is 8.41. The van der Waals surface area contributed by atoms with Crippen molar-refractivity contribution in [1.82, 2.24) is 20.4 Å². The van der Waals surface area contributed by atoms with E-state index in [9.17, 15) is 14.4 Å². The Hall–Kier alpha value is -2.67. The van der Waals surface area contributed by atoms with Crippen LogP contribution in [0.3, 0.4) is 0 Å². The quantitative estimate of drug-likeness (QED) is 0.620. The van der Waals surface area contributed by atoms with Crippen LogP contribution in [-0.2, 0) is 14.4 Å². The summed E-state index contributed by atoms with van der Waals surface area (Å²) in [6.07, 6.45) is 7.60. The van der Waals surface area contributed by atoms with Crippen molar-refractivity contribution in [3.8, 4) is 0 Å². The van der Waals surface area contributed by atoms with Gasteiger partial charge in [-0.25, -0.2) is 0 Å². The summed E-state index contributed by atoms with van der Waals surface area (Å²) in [4.78, 5) is 41.1. The Morgan fingerprint density at radius 2 is 1.74 bits per heavy atom. The van der Waals surface area contributed by atoms with Gasteiger partial charge in [-0.05, 0) is 31.4 Å². The molecule has 1 heterocycles. The summed E-state index contributed by atoms with van der Waals surface area (Å²) in [6, 6.07) is 8.94. The summed E-state index contributed by atoms with van der Waals surface area (Å²) in [6.45, 7) is 6.15. The zero-order valence-electron chi connectivity index (χ0n) is 18.4. The number of nitrogens with zero attached hydrogens (tertiary/aromatic N) is 2. The fourth-order valence-corrected chi connectivity index (χ4v) is 4.18. The van der Waals surface area contributed by atoms with Crippen molar-refractivity contribution in [3.63, 3.8) is 0 Å². The van der Waals surface area contributed by atoms with E-state index < -0.39 is 6.04 Å². The minimum absolute atomic E-state index is 0.198. The molecule has 1 saturated heterocycles. The van der Waals surface area contributed by atoms with Gasteiger partial charge in [0.05, 0.1) is 0 Å². The maximum absolute atomic E-state index is 12.5. The highest BCUT2D eigenvalue weighted by atomic mass is 16.2. The lowest BCUT2D eigenvalue weighted by Gasteiger charge is -2.36. The van der Waals surface area contributed by atoms with Crippen molar-refractivity contribution < 1.29 is 14.4 Å². The van der Waals surface area contributed by atoms with Gasteiger partial charge in [0.2, 0.25) is 17.7 Å². The number of carbonyl (C=O) groups is 3. The molecule has 0 spiro atoms. The first-order chi connectivity index (χ1) is 15.0. The Balaban J connectivity index is 1.30. The van der Waals surface area contributed by atoms with Gasteiger partial charge in [-0.1, -0.05) is 43.2 Å². The number of hydrogen-bond donors (Lipinski definition) is 2. The average Bonchev–Trinajstić information content (AvgIpc) is 3.33. The zero-order valence-corrected chi connectivity index (χ0v) is 18.4. The van der Waals surface area contributed by atoms with E-state index in [-0.39, 0.29) is 17.7 Å². The molecule has 1 saturated carbocycles. The van der Waals surface area contributed by atoms with E-state index in [2.05, 4.69) is 15.5 Å². The van der Waals surface area contributed by atoms with Crippen molar-refractivity contribution in [1.29, 1.82) is 0 Å². The van der Waals surface area contributed by atoms with Crippen LogP contribution in [0.15, 0.2) is 36.4 Å². The average molecular weight is 427 g/mol. The lowest BCUT2D eigenvalue weighted by atomic mass is 10.1. The van der Waals surface area contributed by atoms with Crippen molar-refractivity contribution in [2.24, 2.45) is 5.92 Å². The predicted octanol–water partition coefficient (Wildman–Crippen LogP) is 1.66. The van der Waals surface area contributed by atoms with Crippen LogP contribution < -0.4 is 10.6 Å². The summed E-state index contributed by atoms with van der Waals surface area (Å²) in [5, 5.41) is 5.58. The molecule has 1 aromatic rings. The third-order valence-corrected chi connectivity index (χ3v) is 6.09. The molecule has 2 aliphatic rings. The maximum atomic E-state index is 12.5. The highest BCUT2D eigenvalue weighted by Gasteiger charge is 2.29. The standard InChI is InChI=1S/C24H34N4O3/c1-19(26-22(29)12-11-20-7-3-2-4-8-20)23(30)25-13-14-27-15-17-28(18-16-27)24(31)21-9-5-6-10-21/h2-4,7-8,11-12,19,21H,5-6,9-10,13-18H2,1H3,(H,25,30)(H,26,29)/b12-11+. The lowest BCUT2D eigenvalue weighted by molar-refractivity contribution is -0.137. The zero-order chi connectivity index (χ0) is 22.1. The minimum Gasteiger partial charge on any atom is -0.353 e. The first kappa shape index (κ1) is 23.0. The molecule has 1 aromatic carbocycles. The van der Waals surface area contributed by atoms with E-state index in [1.807, 2.05) is 35.2 Å². The highest BCUT2D eigenvalue weighted by Crippen LogP contribution is 2.26. The Bertz CT molecular complexity index is 766. The monoisotopic (exact) mass is 426 g/mol. The molecule has 0 aromatic heterocycles. The van der Waals surface area contributed by atoms with Crippen LogP contribution in [0.2, 0.25) is 0 Å². The number of piperazine rings is 1. The summed E-state index contributed by atoms with van der Waals surface area (Å²) >= 11 is 0. The van der Waals surface area contributed by atoms with Gasteiger partial charge in [-0.15, -0.1) is 0 Å². The molecule has 2 N–H and O–H groups in total. The van der Waals surface area contributed by atoms with E-state index >= 15 is 0 Å². The van der Waals surface area contributed by atoms with Gasteiger partial charge in [0.25, 0.3) is 0 Å². The van der Waals surface area contributed by atoms with Gasteiger partial charge in [0, 0.05) is 51.3 Å². The number of carbonyl (C=O) groups excluding carboxylic acids is 3. The normalized spacial score (nSPS) is 18.8. The Morgan fingerprint density at radius 1 is 1.06 bits per heavy atom. The smallest absolute Gasteiger partial charge is 0.244 e. The summed E-state index contributed by atoms with van der Waals surface area (Å²) in [7, 11) is 0. The molecule has 3 amide bonds. The van der Waals surface area contributed by atoms with Crippen LogP contribution in [0, 0.1) is 5.92 Å². The molecular weight excluding hydrogens is 392 g/mol. The number of benzene rings is 1. The van der Waals surface area contributed by atoms with Gasteiger partial charge in [-0.3, -0.25) is 19.3 Å². The fraction of sp³-hybridized carbons (Fsp3) is 0.542. The molecule has 2 fully saturated rings. The summed E-state index contributed by atoms with van der Waals surface area (Å²) < 4.78 is 0. The summed E-state index contributed by atoms with van der Waals surface area (Å²) in [5.41, 5.74) is 0.930. The number of rotatable bonds is 8. The van der Waals surface area contributed by atoms with Gasteiger partial charge < -0.3 is 15.5 Å². The van der Waals surface area contributed by atoms with E-state index in [0.29, 0.717) is 12.5 Å². The summed E-state index contributed by atoms with van der Waals surface area (Å²) in [5.74, 6) is 0.0764. The van der Waals surface area contributed by atoms with E-state index in [1.54, 1.807) is 13.0 Å². The molecular formula is C24H34N4O3. The number of nitrogens with one attached hydrogen (secondary N) is 2. The molecule has 0 radical (unpaired) electrons. The van der Waals surface area contributed by atoms with Crippen LogP contribution in [0.25, 0.3) is 6.08 Å². The molecule has 7 nitrogen and oxygen atoms in total. The molecule has 1 unspecified atom stereocenters. The number of amides is 3. The Morgan fingerprint density at radius 3 is 2.42 bits per heavy atom. The van der Waals surface area contributed by atoms with E-state index in [1.165, 1.54) is 18.9 Å². The Labute approximate surface area is 184 Å². The lowest BCUT2D eigenvalue weighted by Crippen LogP contribution is -2.52. The predicted molar refractivity (Wildman–Crippen MR) is 121 cm³/mol. The molecule has 168 valence electrons. The van der Waals surface area contributed by atoms with E-state index in [4.69, 9.17) is 0 Å². The van der Waals surface area contributed by atoms with Crippen LogP contribution >= 0.6 is 0 Å². The second kappa shape index (κ2) is 11.6. The third kappa shape index (κ3) is 7.21. The molecule has 0 bridgehead atoms. The van der Waals surface area contributed by atoms with Crippen LogP contribution in [0.1, 0.15) is 38.2 Å². The van der Waals surface area contributed by atoms with Crippen molar-refractivity contribution in [2.75, 3.05) is 39.3 Å². The molecule has 1 aliphatic heterocycles. The Kier molecular flexibility index (Phi) is 8.64. The molecule has 31 heavy (non-hydrogen) atoms. The second-order valence-corrected chi connectivity index (χ2v) is 8.41. The molecule has 1 atom stereocenters. The van der Waals surface area contributed by atoms with Gasteiger partial charge >= 0.3 is 0 Å². The van der Waals surface area contributed by atoms with Crippen molar-refractivity contribution in [2.45, 2.75) is 38.6 Å². The largest absolute Gasteiger partial charge is 0.353 e. The molecule has 7 heteroatoms. The third-order valence-electron chi connectivity index (χ3n) is 6.09. The first-order valence-electron chi connectivity index (χ1n) is 11.4. The fourth-order valence-electron chi connectivity index (χ4n) is 4.18. The van der Waals surface area contributed by atoms with Crippen LogP contribution in [-0.4, -0.2) is 72.8 Å². The van der Waals surface area contributed by atoms with E-state index in [0.717, 1.165) is 51.1 Å². The van der Waals surface area contributed by atoms with Crippen molar-refractivity contribution >= 4 is 23.8 Å². The van der Waals surface area contributed by atoms with Gasteiger partial charge in [0.1, 0.15) is 6.04 Å². The number of hydrogen-bond acceptors (Lipinski definition) is 4. The molecule has 1 aliphatic carbocycles. The highest BCUT2D eigenvalue weighted by molar-refractivity contribution is 5.95. The van der Waals surface area contributed by atoms with Crippen LogP contribution in [0.5, 0.6) is 0 Å². The molecule has 3 rings (SSSR count). The maximum Gasteiger partial charge on any atom is 0.244 e. The van der Waals surface area contributed by atoms with Gasteiger partial charge in [-0.2, -0.15) is 0 Å². The minimum atomic E-state index is -0.603. The SMILES string of the molecule is CC(NC(=O)/C=C/c1ccccc1)C(=O)NCCN1CCN(C(=O)C2CCCC2)CC1. The van der Waals surface area contributed by atoms with Crippen LogP contribution in [0.4, 0.5) is 0 Å². The topological polar surface area (TPSA) is 81.8 Å². The first-order valence-corrected chi connectivity index (χ1v) is 11.4. The van der Waals surface area contributed by atoms with Gasteiger partial charge in [0.15, 0.2) is 0 Å².